The van der Waals surface area contributed by atoms with Crippen molar-refractivity contribution in [2.24, 2.45) is 5.92 Å². The van der Waals surface area contributed by atoms with Crippen LogP contribution in [0.25, 0.3) is 11.3 Å². The molecule has 4 amide bonds. The number of rotatable bonds is 18. The molecule has 0 radical (unpaired) electrons. The minimum absolute atomic E-state index is 0.0865. The first-order chi connectivity index (χ1) is 22.0. The minimum atomic E-state index is -1.23. The summed E-state index contributed by atoms with van der Waals surface area (Å²) < 4.78 is 9.27. The summed E-state index contributed by atoms with van der Waals surface area (Å²) in [5, 5.41) is 18.3. The van der Waals surface area contributed by atoms with E-state index in [4.69, 9.17) is 0 Å². The third-order valence-corrected chi connectivity index (χ3v) is 7.44. The number of amides is 4. The number of carbonyl (C=O) groups excluding carboxylic acids is 6. The van der Waals surface area contributed by atoms with Gasteiger partial charge in [-0.15, -0.1) is 0 Å². The van der Waals surface area contributed by atoms with Gasteiger partial charge in [0, 0.05) is 11.1 Å². The molecule has 0 fully saturated rings. The Balaban J connectivity index is 2.11. The Kier molecular flexibility index (Phi) is 15.3. The third kappa shape index (κ3) is 10.6. The summed E-state index contributed by atoms with van der Waals surface area (Å²) in [5.74, 6) is -3.67. The van der Waals surface area contributed by atoms with E-state index in [0.29, 0.717) is 34.7 Å². The van der Waals surface area contributed by atoms with Crippen molar-refractivity contribution in [3.8, 4) is 11.3 Å². The van der Waals surface area contributed by atoms with Crippen LogP contribution >= 0.6 is 0 Å². The molecule has 3 atom stereocenters. The summed E-state index contributed by atoms with van der Waals surface area (Å²) in [6.45, 7) is 5.30. The van der Waals surface area contributed by atoms with Gasteiger partial charge in [-0.05, 0) is 49.6 Å². The van der Waals surface area contributed by atoms with Crippen LogP contribution in [0, 0.1) is 12.8 Å². The monoisotopic (exact) mass is 641 g/mol. The smallest absolute Gasteiger partial charge is 0.328 e. The predicted octanol–water partition coefficient (Wildman–Crippen LogP) is 2.52. The van der Waals surface area contributed by atoms with Gasteiger partial charge in [0.25, 0.3) is 11.8 Å². The van der Waals surface area contributed by atoms with Crippen LogP contribution in [0.1, 0.15) is 78.8 Å². The lowest BCUT2D eigenvalue weighted by molar-refractivity contribution is -0.168. The number of hydroxylamine groups is 2. The molecule has 1 unspecified atom stereocenters. The second-order valence-corrected chi connectivity index (χ2v) is 10.6. The number of aromatic nitrogens is 1. The van der Waals surface area contributed by atoms with Gasteiger partial charge in [-0.2, -0.15) is 0 Å². The largest absolute Gasteiger partial charge is 0.469 e. The van der Waals surface area contributed by atoms with Crippen LogP contribution in [0.5, 0.6) is 0 Å². The second-order valence-electron chi connectivity index (χ2n) is 10.6. The summed E-state index contributed by atoms with van der Waals surface area (Å²) >= 11 is 0. The zero-order valence-corrected chi connectivity index (χ0v) is 26.8. The molecule has 14 nitrogen and oxygen atoms in total. The molecule has 4 N–H and O–H groups in total. The van der Waals surface area contributed by atoms with Crippen LogP contribution in [0.15, 0.2) is 36.4 Å². The van der Waals surface area contributed by atoms with E-state index < -0.39 is 54.1 Å². The number of unbranched alkanes of at least 4 members (excludes halogenated alkanes) is 2. The average molecular weight is 642 g/mol. The van der Waals surface area contributed by atoms with Crippen LogP contribution in [0.2, 0.25) is 0 Å². The fourth-order valence-electron chi connectivity index (χ4n) is 4.90. The van der Waals surface area contributed by atoms with Crippen molar-refractivity contribution < 1.29 is 43.4 Å². The predicted molar refractivity (Wildman–Crippen MR) is 166 cm³/mol. The number of nitrogens with zero attached hydrogens (tertiary/aromatic N) is 2. The van der Waals surface area contributed by atoms with E-state index in [1.54, 1.807) is 38.1 Å². The highest BCUT2D eigenvalue weighted by Crippen LogP contribution is 2.22. The van der Waals surface area contributed by atoms with E-state index in [1.165, 1.54) is 19.2 Å². The zero-order chi connectivity index (χ0) is 34.2. The maximum Gasteiger partial charge on any atom is 0.328 e. The molecular weight excluding hydrogens is 598 g/mol. The van der Waals surface area contributed by atoms with E-state index in [9.17, 15) is 34.0 Å². The Bertz CT molecular complexity index is 1380. The number of nitrogens with one attached hydrogen (secondary N) is 3. The van der Waals surface area contributed by atoms with Crippen molar-refractivity contribution >= 4 is 36.1 Å². The number of hydrogen-bond acceptors (Lipinski definition) is 10. The van der Waals surface area contributed by atoms with Crippen molar-refractivity contribution in [1.82, 2.24) is 26.0 Å². The van der Waals surface area contributed by atoms with Crippen LogP contribution in [0.3, 0.4) is 0 Å². The molecule has 1 heterocycles. The molecule has 14 heteroatoms. The van der Waals surface area contributed by atoms with Gasteiger partial charge in [0.1, 0.15) is 11.7 Å². The third-order valence-electron chi connectivity index (χ3n) is 7.44. The Labute approximate surface area is 268 Å². The van der Waals surface area contributed by atoms with E-state index in [0.717, 1.165) is 26.4 Å². The molecule has 0 saturated heterocycles. The molecule has 1 aromatic heterocycles. The molecular formula is C32H43N5O9. The first-order valence-corrected chi connectivity index (χ1v) is 15.0. The lowest BCUT2D eigenvalue weighted by Crippen LogP contribution is -2.47. The molecule has 250 valence electrons. The number of pyridine rings is 1. The summed E-state index contributed by atoms with van der Waals surface area (Å²) in [6, 6.07) is 7.78. The van der Waals surface area contributed by atoms with Gasteiger partial charge in [0.15, 0.2) is 0 Å². The number of methoxy groups -OCH3 is 2. The van der Waals surface area contributed by atoms with Gasteiger partial charge in [-0.3, -0.25) is 29.2 Å². The van der Waals surface area contributed by atoms with E-state index in [1.807, 2.05) is 6.92 Å². The van der Waals surface area contributed by atoms with Crippen LogP contribution in [-0.4, -0.2) is 84.3 Å². The Morgan fingerprint density at radius 3 is 2.35 bits per heavy atom. The van der Waals surface area contributed by atoms with Gasteiger partial charge in [0.05, 0.1) is 45.0 Å². The average Bonchev–Trinajstić information content (AvgIpc) is 3.06. The maximum absolute atomic E-state index is 13.0. The van der Waals surface area contributed by atoms with Crippen LogP contribution in [0.4, 0.5) is 0 Å². The number of esters is 2. The van der Waals surface area contributed by atoms with Gasteiger partial charge >= 0.3 is 11.9 Å². The summed E-state index contributed by atoms with van der Waals surface area (Å²) in [7, 11) is 2.31. The van der Waals surface area contributed by atoms with E-state index in [-0.39, 0.29) is 24.3 Å². The Hall–Kier alpha value is -4.85. The van der Waals surface area contributed by atoms with Crippen LogP contribution < -0.4 is 16.0 Å². The van der Waals surface area contributed by atoms with Crippen molar-refractivity contribution in [3.63, 3.8) is 0 Å². The van der Waals surface area contributed by atoms with Gasteiger partial charge < -0.3 is 25.4 Å². The quantitative estimate of drug-likeness (QED) is 0.0469. The Morgan fingerprint density at radius 1 is 1.00 bits per heavy atom. The minimum Gasteiger partial charge on any atom is -0.469 e. The molecule has 0 spiro atoms. The number of hydrogen-bond donors (Lipinski definition) is 4. The van der Waals surface area contributed by atoms with Crippen molar-refractivity contribution in [3.05, 3.63) is 53.2 Å². The van der Waals surface area contributed by atoms with Gasteiger partial charge in [-0.25, -0.2) is 14.8 Å². The maximum atomic E-state index is 13.0. The number of ether oxygens (including phenoxy) is 2. The van der Waals surface area contributed by atoms with Crippen LogP contribution in [-0.2, 0) is 28.7 Å². The molecule has 0 bridgehead atoms. The van der Waals surface area contributed by atoms with Gasteiger partial charge in [-0.1, -0.05) is 45.2 Å². The van der Waals surface area contributed by atoms with Crippen molar-refractivity contribution in [1.29, 1.82) is 0 Å². The summed E-state index contributed by atoms with van der Waals surface area (Å²) in [5.41, 5.74) is 1.95. The van der Waals surface area contributed by atoms with Gasteiger partial charge in [0.2, 0.25) is 12.3 Å². The van der Waals surface area contributed by atoms with Crippen molar-refractivity contribution in [2.75, 3.05) is 20.9 Å². The first kappa shape index (κ1) is 37.3. The van der Waals surface area contributed by atoms with E-state index in [2.05, 4.69) is 30.4 Å². The second kappa shape index (κ2) is 18.8. The van der Waals surface area contributed by atoms with Crippen molar-refractivity contribution in [2.45, 2.75) is 71.4 Å². The topological polar surface area (TPSA) is 193 Å². The molecule has 46 heavy (non-hydrogen) atoms. The highest BCUT2D eigenvalue weighted by atomic mass is 16.5. The highest BCUT2D eigenvalue weighted by Gasteiger charge is 2.31. The fourth-order valence-corrected chi connectivity index (χ4v) is 4.90. The number of benzene rings is 1. The summed E-state index contributed by atoms with van der Waals surface area (Å²) in [6.07, 6.45) is 3.32. The highest BCUT2D eigenvalue weighted by molar-refractivity contribution is 5.99. The molecule has 2 aromatic rings. The normalized spacial score (nSPS) is 12.6. The molecule has 0 aliphatic heterocycles. The first-order valence-electron chi connectivity index (χ1n) is 15.0. The number of aryl methyl sites for hydroxylation is 1. The van der Waals surface area contributed by atoms with E-state index >= 15 is 0 Å². The lowest BCUT2D eigenvalue weighted by Gasteiger charge is -2.29. The summed E-state index contributed by atoms with van der Waals surface area (Å²) in [4.78, 5) is 78.1. The standard InChI is InChI=1S/C32H43N5O9/c1-6-8-9-11-23(27(7-2)37(44)19-38)29(40)33-18-34-31(42)25-13-10-12-24(35-25)21-14-15-22(20(3)16-21)30(41)36-26(32(43)46-5)17-28(39)45-4/h10,12-16,19,23,26-27,44H,6-9,11,17-18H2,1-5H3,(H,33,40)(H,34,42)(H,36,41)/t23-,26?,27-/m1/s1. The fraction of sp³-hybridized carbons (Fsp3) is 0.469. The molecule has 0 saturated carbocycles. The molecule has 2 rings (SSSR count). The molecule has 1 aromatic carbocycles. The molecule has 0 aliphatic carbocycles. The number of carbonyl (C=O) groups is 6. The Morgan fingerprint density at radius 2 is 1.74 bits per heavy atom. The SMILES string of the molecule is CCCCC[C@@H](C(=O)NCNC(=O)c1cccc(-c2ccc(C(=O)NC(CC(=O)OC)C(=O)OC)c(C)c2)n1)[C@@H](CC)N(O)C=O. The lowest BCUT2D eigenvalue weighted by atomic mass is 9.90. The zero-order valence-electron chi connectivity index (χ0n) is 26.8. The molecule has 0 aliphatic rings.